The van der Waals surface area contributed by atoms with Gasteiger partial charge in [0.15, 0.2) is 0 Å². The fourth-order valence-electron chi connectivity index (χ4n) is 2.51. The minimum Gasteiger partial charge on any atom is -0.339 e. The normalized spacial score (nSPS) is 27.8. The average molecular weight is 316 g/mol. The lowest BCUT2D eigenvalue weighted by molar-refractivity contribution is -0.147. The summed E-state index contributed by atoms with van der Waals surface area (Å²) in [6.45, 7) is 9.53. The van der Waals surface area contributed by atoms with E-state index >= 15 is 0 Å². The minimum atomic E-state index is -0.422. The zero-order chi connectivity index (χ0) is 14.9. The predicted octanol–water partition coefficient (Wildman–Crippen LogP) is 1.90. The van der Waals surface area contributed by atoms with Crippen molar-refractivity contribution in [2.75, 3.05) is 30.5 Å². The van der Waals surface area contributed by atoms with Gasteiger partial charge in [0.05, 0.1) is 5.88 Å². The number of carbonyl (C=O) groups is 2. The molecule has 0 aliphatic carbocycles. The first-order chi connectivity index (χ1) is 9.30. The second-order valence-electron chi connectivity index (χ2n) is 6.51. The van der Waals surface area contributed by atoms with Gasteiger partial charge in [-0.2, -0.15) is 11.8 Å². The van der Waals surface area contributed by atoms with Crippen LogP contribution in [0.3, 0.4) is 0 Å². The van der Waals surface area contributed by atoms with Gasteiger partial charge in [0.25, 0.3) is 0 Å². The molecule has 2 aliphatic rings. The van der Waals surface area contributed by atoms with Gasteiger partial charge in [-0.25, -0.2) is 0 Å². The van der Waals surface area contributed by atoms with Crippen LogP contribution in [0.4, 0.5) is 0 Å². The van der Waals surface area contributed by atoms with Crippen molar-refractivity contribution in [1.29, 1.82) is 0 Å². The molecule has 0 N–H and O–H groups in total. The Bertz CT molecular complexity index is 395. The molecule has 6 heteroatoms. The summed E-state index contributed by atoms with van der Waals surface area (Å²) >= 11 is 3.59. The Balaban J connectivity index is 2.06. The Morgan fingerprint density at radius 1 is 1.25 bits per heavy atom. The third-order valence-electron chi connectivity index (χ3n) is 3.62. The third-order valence-corrected chi connectivity index (χ3v) is 5.77. The molecule has 0 aromatic carbocycles. The summed E-state index contributed by atoms with van der Waals surface area (Å²) in [4.78, 5) is 28.9. The zero-order valence-corrected chi connectivity index (χ0v) is 14.4. The maximum Gasteiger partial charge on any atom is 0.246 e. The molecular weight excluding hydrogens is 292 g/mol. The van der Waals surface area contributed by atoms with Crippen molar-refractivity contribution in [1.82, 2.24) is 9.80 Å². The van der Waals surface area contributed by atoms with Crippen LogP contribution in [0.5, 0.6) is 0 Å². The molecule has 2 heterocycles. The fraction of sp³-hybridized carbons (Fsp3) is 0.857. The van der Waals surface area contributed by atoms with Crippen LogP contribution in [0, 0.1) is 5.41 Å². The lowest BCUT2D eigenvalue weighted by Gasteiger charge is -2.36. The van der Waals surface area contributed by atoms with E-state index in [2.05, 4.69) is 6.92 Å². The Morgan fingerprint density at radius 2 is 1.95 bits per heavy atom. The van der Waals surface area contributed by atoms with Gasteiger partial charge in [-0.15, -0.1) is 11.8 Å². The number of thioether (sulfide) groups is 2. The Morgan fingerprint density at radius 3 is 2.55 bits per heavy atom. The van der Waals surface area contributed by atoms with E-state index < -0.39 is 5.41 Å². The van der Waals surface area contributed by atoms with Crippen molar-refractivity contribution in [3.8, 4) is 0 Å². The van der Waals surface area contributed by atoms with Crippen molar-refractivity contribution < 1.29 is 9.59 Å². The Kier molecular flexibility index (Phi) is 4.95. The van der Waals surface area contributed by atoms with Crippen LogP contribution in [0.1, 0.15) is 27.7 Å². The number of carbonyl (C=O) groups excluding carboxylic acids is 2. The van der Waals surface area contributed by atoms with E-state index in [1.54, 1.807) is 16.7 Å². The largest absolute Gasteiger partial charge is 0.339 e. The second-order valence-corrected chi connectivity index (χ2v) is 9.05. The monoisotopic (exact) mass is 316 g/mol. The van der Waals surface area contributed by atoms with Gasteiger partial charge in [-0.05, 0) is 0 Å². The zero-order valence-electron chi connectivity index (χ0n) is 12.7. The topological polar surface area (TPSA) is 40.6 Å². The van der Waals surface area contributed by atoms with Crippen LogP contribution in [-0.4, -0.2) is 63.4 Å². The standard InChI is InChI=1S/C14H24N2O2S2/c1-10-7-15(5-6-20-10)12(17)11-8-19-9-16(11)13(18)14(2,3)4/h10-11H,5-9H2,1-4H3/t10-,11+/m1/s1. The highest BCUT2D eigenvalue weighted by Gasteiger charge is 2.41. The molecule has 4 nitrogen and oxygen atoms in total. The summed E-state index contributed by atoms with van der Waals surface area (Å²) < 4.78 is 0. The summed E-state index contributed by atoms with van der Waals surface area (Å²) in [5.41, 5.74) is -0.422. The van der Waals surface area contributed by atoms with Crippen LogP contribution in [0.25, 0.3) is 0 Å². The maximum absolute atomic E-state index is 12.7. The molecule has 0 unspecified atom stereocenters. The van der Waals surface area contributed by atoms with Crippen LogP contribution in [0.15, 0.2) is 0 Å². The molecule has 2 amide bonds. The van der Waals surface area contributed by atoms with E-state index in [1.807, 2.05) is 37.4 Å². The van der Waals surface area contributed by atoms with Crippen molar-refractivity contribution in [2.45, 2.75) is 39.0 Å². The minimum absolute atomic E-state index is 0.0836. The van der Waals surface area contributed by atoms with Crippen molar-refractivity contribution in [3.63, 3.8) is 0 Å². The van der Waals surface area contributed by atoms with Crippen molar-refractivity contribution >= 4 is 35.3 Å². The van der Waals surface area contributed by atoms with E-state index in [4.69, 9.17) is 0 Å². The molecule has 2 atom stereocenters. The first-order valence-electron chi connectivity index (χ1n) is 7.10. The lowest BCUT2D eigenvalue weighted by Crippen LogP contribution is -2.53. The van der Waals surface area contributed by atoms with Gasteiger partial charge >= 0.3 is 0 Å². The molecule has 2 saturated heterocycles. The van der Waals surface area contributed by atoms with Gasteiger partial charge in [0, 0.05) is 35.3 Å². The smallest absolute Gasteiger partial charge is 0.246 e. The molecule has 20 heavy (non-hydrogen) atoms. The molecule has 2 fully saturated rings. The molecule has 2 rings (SSSR count). The van der Waals surface area contributed by atoms with Gasteiger partial charge < -0.3 is 9.80 Å². The molecule has 0 spiro atoms. The summed E-state index contributed by atoms with van der Waals surface area (Å²) in [6.07, 6.45) is 0. The highest BCUT2D eigenvalue weighted by atomic mass is 32.2. The van der Waals surface area contributed by atoms with E-state index in [0.29, 0.717) is 11.1 Å². The number of rotatable bonds is 1. The molecule has 0 aromatic rings. The van der Waals surface area contributed by atoms with E-state index in [9.17, 15) is 9.59 Å². The van der Waals surface area contributed by atoms with Gasteiger partial charge in [-0.1, -0.05) is 27.7 Å². The molecule has 0 aromatic heterocycles. The van der Waals surface area contributed by atoms with Gasteiger partial charge in [-0.3, -0.25) is 9.59 Å². The molecular formula is C14H24N2O2S2. The lowest BCUT2D eigenvalue weighted by atomic mass is 9.94. The highest BCUT2D eigenvalue weighted by molar-refractivity contribution is 8.00. The predicted molar refractivity (Wildman–Crippen MR) is 85.9 cm³/mol. The van der Waals surface area contributed by atoms with Gasteiger partial charge in [0.1, 0.15) is 6.04 Å². The first kappa shape index (κ1) is 16.0. The first-order valence-corrected chi connectivity index (χ1v) is 9.30. The van der Waals surface area contributed by atoms with Crippen molar-refractivity contribution in [2.24, 2.45) is 5.41 Å². The second kappa shape index (κ2) is 6.18. The van der Waals surface area contributed by atoms with E-state index in [1.165, 1.54) is 0 Å². The van der Waals surface area contributed by atoms with E-state index in [0.717, 1.165) is 24.6 Å². The number of amides is 2. The number of hydrogen-bond acceptors (Lipinski definition) is 4. The molecule has 0 saturated carbocycles. The van der Waals surface area contributed by atoms with Crippen molar-refractivity contribution in [3.05, 3.63) is 0 Å². The quantitative estimate of drug-likeness (QED) is 0.741. The summed E-state index contributed by atoms with van der Waals surface area (Å²) in [5, 5.41) is 0.494. The summed E-state index contributed by atoms with van der Waals surface area (Å²) in [7, 11) is 0. The number of nitrogens with zero attached hydrogens (tertiary/aromatic N) is 2. The summed E-state index contributed by atoms with van der Waals surface area (Å²) in [6, 6.07) is -0.262. The van der Waals surface area contributed by atoms with Gasteiger partial charge in [0.2, 0.25) is 11.8 Å². The third kappa shape index (κ3) is 3.45. The Labute approximate surface area is 130 Å². The highest BCUT2D eigenvalue weighted by Crippen LogP contribution is 2.29. The fourth-order valence-corrected chi connectivity index (χ4v) is 4.67. The average Bonchev–Trinajstić information content (AvgIpc) is 2.84. The maximum atomic E-state index is 12.7. The molecule has 2 aliphatic heterocycles. The molecule has 0 radical (unpaired) electrons. The Hall–Kier alpha value is -0.360. The SMILES string of the molecule is C[C@@H]1CN(C(=O)[C@@H]2CSCN2C(=O)C(C)(C)C)CCS1. The molecule has 0 bridgehead atoms. The van der Waals surface area contributed by atoms with Crippen LogP contribution >= 0.6 is 23.5 Å². The van der Waals surface area contributed by atoms with E-state index in [-0.39, 0.29) is 17.9 Å². The summed E-state index contributed by atoms with van der Waals surface area (Å²) in [5.74, 6) is 2.60. The van der Waals surface area contributed by atoms with Crippen LogP contribution in [0.2, 0.25) is 0 Å². The number of hydrogen-bond donors (Lipinski definition) is 0. The van der Waals surface area contributed by atoms with Crippen LogP contribution < -0.4 is 0 Å². The molecule has 114 valence electrons. The van der Waals surface area contributed by atoms with Crippen LogP contribution in [-0.2, 0) is 9.59 Å².